The summed E-state index contributed by atoms with van der Waals surface area (Å²) in [6.45, 7) is 11.9. The van der Waals surface area contributed by atoms with Gasteiger partial charge >= 0.3 is 0 Å². The first-order valence-electron chi connectivity index (χ1n) is 12.2. The summed E-state index contributed by atoms with van der Waals surface area (Å²) in [6, 6.07) is 9.66. The van der Waals surface area contributed by atoms with Crippen molar-refractivity contribution in [3.05, 3.63) is 29.3 Å². The van der Waals surface area contributed by atoms with Crippen molar-refractivity contribution in [2.75, 3.05) is 63.8 Å². The van der Waals surface area contributed by atoms with E-state index in [1.165, 1.54) is 44.5 Å². The third kappa shape index (κ3) is 7.92. The maximum atomic E-state index is 6.15. The minimum atomic E-state index is 0. The van der Waals surface area contributed by atoms with Crippen LogP contribution in [0.4, 0.5) is 5.69 Å². The van der Waals surface area contributed by atoms with Crippen molar-refractivity contribution in [1.29, 1.82) is 0 Å². The summed E-state index contributed by atoms with van der Waals surface area (Å²) >= 11 is 6.15. The predicted octanol–water partition coefficient (Wildman–Crippen LogP) is 3.65. The lowest BCUT2D eigenvalue weighted by atomic mass is 10.1. The van der Waals surface area contributed by atoms with Crippen LogP contribution in [0.3, 0.4) is 0 Å². The average Bonchev–Trinajstić information content (AvgIpc) is 3.63. The Labute approximate surface area is 216 Å². The maximum absolute atomic E-state index is 6.15. The molecule has 0 atom stereocenters. The van der Waals surface area contributed by atoms with Crippen LogP contribution >= 0.6 is 35.6 Å². The molecule has 1 aromatic rings. The molecule has 0 aromatic heterocycles. The molecule has 8 heteroatoms. The molecule has 0 spiro atoms. The molecule has 2 N–H and O–H groups in total. The largest absolute Gasteiger partial charge is 0.369 e. The fraction of sp³-hybridized carbons (Fsp3) is 0.708. The van der Waals surface area contributed by atoms with Crippen molar-refractivity contribution in [1.82, 2.24) is 20.4 Å². The van der Waals surface area contributed by atoms with Crippen LogP contribution in [-0.4, -0.2) is 86.7 Å². The first-order chi connectivity index (χ1) is 15.2. The number of aliphatic imine (C=N–C) groups is 1. The van der Waals surface area contributed by atoms with Gasteiger partial charge in [0.2, 0.25) is 0 Å². The first-order valence-corrected chi connectivity index (χ1v) is 12.6. The second kappa shape index (κ2) is 13.2. The van der Waals surface area contributed by atoms with Gasteiger partial charge < -0.3 is 20.4 Å². The van der Waals surface area contributed by atoms with Crippen LogP contribution in [0.2, 0.25) is 5.02 Å². The first kappa shape index (κ1) is 25.8. The Balaban J connectivity index is 0.00000289. The Morgan fingerprint density at radius 3 is 2.47 bits per heavy atom. The normalized spacial score (nSPS) is 21.3. The number of piperazine rings is 1. The number of likely N-dealkylation sites (tertiary alicyclic amines) is 1. The number of hydrogen-bond acceptors (Lipinski definition) is 4. The number of anilines is 1. The van der Waals surface area contributed by atoms with Crippen LogP contribution in [0.5, 0.6) is 0 Å². The van der Waals surface area contributed by atoms with Gasteiger partial charge in [-0.05, 0) is 57.2 Å². The SMILES string of the molecule is CCNC(=NCCCN1CCN(c2cccc(Cl)c2)CC1)NC1CCN(C2CC2)CC1.I. The fourth-order valence-corrected chi connectivity index (χ4v) is 4.93. The van der Waals surface area contributed by atoms with Crippen LogP contribution in [0, 0.1) is 0 Å². The van der Waals surface area contributed by atoms with Gasteiger partial charge in [-0.1, -0.05) is 17.7 Å². The summed E-state index contributed by atoms with van der Waals surface area (Å²) < 4.78 is 0. The third-order valence-corrected chi connectivity index (χ3v) is 6.96. The van der Waals surface area contributed by atoms with E-state index in [4.69, 9.17) is 16.6 Å². The van der Waals surface area contributed by atoms with Gasteiger partial charge in [-0.2, -0.15) is 0 Å². The molecule has 3 aliphatic rings. The quantitative estimate of drug-likeness (QED) is 0.215. The van der Waals surface area contributed by atoms with E-state index in [1.807, 2.05) is 12.1 Å². The molecule has 4 rings (SSSR count). The van der Waals surface area contributed by atoms with E-state index in [1.54, 1.807) is 0 Å². The topological polar surface area (TPSA) is 46.1 Å². The number of benzene rings is 1. The molecule has 3 fully saturated rings. The molecule has 2 heterocycles. The van der Waals surface area contributed by atoms with Gasteiger partial charge in [0, 0.05) is 81.7 Å². The van der Waals surface area contributed by atoms with Crippen molar-refractivity contribution in [3.63, 3.8) is 0 Å². The monoisotopic (exact) mass is 574 g/mol. The average molecular weight is 575 g/mol. The number of guanidine groups is 1. The molecule has 0 unspecified atom stereocenters. The number of nitrogens with zero attached hydrogens (tertiary/aromatic N) is 4. The smallest absolute Gasteiger partial charge is 0.191 e. The number of hydrogen-bond donors (Lipinski definition) is 2. The van der Waals surface area contributed by atoms with E-state index in [9.17, 15) is 0 Å². The number of halogens is 2. The van der Waals surface area contributed by atoms with Crippen LogP contribution in [0.25, 0.3) is 0 Å². The van der Waals surface area contributed by atoms with Gasteiger partial charge in [0.1, 0.15) is 0 Å². The predicted molar refractivity (Wildman–Crippen MR) is 147 cm³/mol. The number of piperidine rings is 1. The molecule has 6 nitrogen and oxygen atoms in total. The van der Waals surface area contributed by atoms with E-state index in [0.717, 1.165) is 69.3 Å². The van der Waals surface area contributed by atoms with Crippen molar-refractivity contribution in [2.24, 2.45) is 4.99 Å². The number of nitrogens with one attached hydrogen (secondary N) is 2. The molecule has 2 aliphatic heterocycles. The Morgan fingerprint density at radius 1 is 1.06 bits per heavy atom. The number of rotatable bonds is 8. The van der Waals surface area contributed by atoms with Crippen molar-refractivity contribution < 1.29 is 0 Å². The molecule has 1 saturated carbocycles. The van der Waals surface area contributed by atoms with Crippen LogP contribution in [0.1, 0.15) is 39.0 Å². The molecule has 180 valence electrons. The highest BCUT2D eigenvalue weighted by molar-refractivity contribution is 14.0. The summed E-state index contributed by atoms with van der Waals surface area (Å²) in [5.41, 5.74) is 1.24. The minimum absolute atomic E-state index is 0. The van der Waals surface area contributed by atoms with Crippen LogP contribution in [0.15, 0.2) is 29.3 Å². The second-order valence-corrected chi connectivity index (χ2v) is 9.54. The summed E-state index contributed by atoms with van der Waals surface area (Å²) in [6.07, 6.45) is 6.40. The van der Waals surface area contributed by atoms with Crippen molar-refractivity contribution in [3.8, 4) is 0 Å². The van der Waals surface area contributed by atoms with E-state index in [2.05, 4.69) is 44.4 Å². The molecule has 1 aromatic carbocycles. The second-order valence-electron chi connectivity index (χ2n) is 9.11. The van der Waals surface area contributed by atoms with Gasteiger partial charge in [-0.25, -0.2) is 0 Å². The van der Waals surface area contributed by atoms with Gasteiger partial charge in [0.25, 0.3) is 0 Å². The molecule has 2 saturated heterocycles. The highest BCUT2D eigenvalue weighted by Crippen LogP contribution is 2.29. The van der Waals surface area contributed by atoms with E-state index in [-0.39, 0.29) is 24.0 Å². The van der Waals surface area contributed by atoms with E-state index >= 15 is 0 Å². The van der Waals surface area contributed by atoms with Gasteiger partial charge in [-0.3, -0.25) is 9.89 Å². The summed E-state index contributed by atoms with van der Waals surface area (Å²) in [5, 5.41) is 7.94. The van der Waals surface area contributed by atoms with Crippen molar-refractivity contribution in [2.45, 2.75) is 51.1 Å². The Morgan fingerprint density at radius 2 is 1.81 bits per heavy atom. The highest BCUT2D eigenvalue weighted by Gasteiger charge is 2.31. The van der Waals surface area contributed by atoms with Gasteiger partial charge in [0.05, 0.1) is 0 Å². The Bertz CT molecular complexity index is 712. The van der Waals surface area contributed by atoms with Crippen LogP contribution < -0.4 is 15.5 Å². The molecular formula is C24H40ClIN6. The molecular weight excluding hydrogens is 535 g/mol. The molecule has 1 aliphatic carbocycles. The lowest BCUT2D eigenvalue weighted by Crippen LogP contribution is -2.49. The standard InChI is InChI=1S/C24H39ClN6.HI/c1-2-26-24(28-21-9-13-30(14-10-21)22-7-8-22)27-11-4-12-29-15-17-31(18-16-29)23-6-3-5-20(25)19-23;/h3,5-6,19,21-22H,2,4,7-18H2,1H3,(H2,26,27,28);1H. The van der Waals surface area contributed by atoms with E-state index in [0.29, 0.717) is 6.04 Å². The lowest BCUT2D eigenvalue weighted by Gasteiger charge is -2.36. The zero-order valence-corrected chi connectivity index (χ0v) is 22.5. The molecule has 32 heavy (non-hydrogen) atoms. The highest BCUT2D eigenvalue weighted by atomic mass is 127. The summed E-state index contributed by atoms with van der Waals surface area (Å²) in [4.78, 5) is 12.5. The minimum Gasteiger partial charge on any atom is -0.369 e. The van der Waals surface area contributed by atoms with Gasteiger partial charge in [0.15, 0.2) is 5.96 Å². The molecule has 0 amide bonds. The molecule has 0 radical (unpaired) electrons. The zero-order valence-electron chi connectivity index (χ0n) is 19.4. The summed E-state index contributed by atoms with van der Waals surface area (Å²) in [5.74, 6) is 0.998. The van der Waals surface area contributed by atoms with Crippen LogP contribution in [-0.2, 0) is 0 Å². The molecule has 0 bridgehead atoms. The summed E-state index contributed by atoms with van der Waals surface area (Å²) in [7, 11) is 0. The Hall–Kier alpha value is -0.770. The zero-order chi connectivity index (χ0) is 21.5. The fourth-order valence-electron chi connectivity index (χ4n) is 4.75. The third-order valence-electron chi connectivity index (χ3n) is 6.73. The van der Waals surface area contributed by atoms with Gasteiger partial charge in [-0.15, -0.1) is 24.0 Å². The maximum Gasteiger partial charge on any atom is 0.191 e. The van der Waals surface area contributed by atoms with E-state index < -0.39 is 0 Å². The Kier molecular flexibility index (Phi) is 10.7. The lowest BCUT2D eigenvalue weighted by molar-refractivity contribution is 0.197. The van der Waals surface area contributed by atoms with Crippen molar-refractivity contribution >= 4 is 47.2 Å².